The van der Waals surface area contributed by atoms with Crippen molar-refractivity contribution >= 4 is 15.9 Å². The number of nitrogens with zero attached hydrogens (tertiary/aromatic N) is 1. The molecule has 0 radical (unpaired) electrons. The number of sulfonamides is 1. The van der Waals surface area contributed by atoms with Crippen molar-refractivity contribution in [2.75, 3.05) is 33.4 Å². The van der Waals surface area contributed by atoms with Crippen LogP contribution in [0.2, 0.25) is 0 Å². The van der Waals surface area contributed by atoms with Crippen LogP contribution in [-0.2, 0) is 21.2 Å². The number of hydrogen-bond donors (Lipinski definition) is 1. The molecule has 7 nitrogen and oxygen atoms in total. The summed E-state index contributed by atoms with van der Waals surface area (Å²) in [5, 5.41) is 2.96. The highest BCUT2D eigenvalue weighted by Crippen LogP contribution is 2.27. The fourth-order valence-corrected chi connectivity index (χ4v) is 5.50. The van der Waals surface area contributed by atoms with E-state index in [0.717, 1.165) is 16.9 Å². The minimum atomic E-state index is -3.67. The average Bonchev–Trinajstić information content (AvgIpc) is 2.81. The molecule has 1 fully saturated rings. The number of nitrogens with one attached hydrogen (secondary N) is 1. The lowest BCUT2D eigenvalue weighted by Crippen LogP contribution is -2.45. The van der Waals surface area contributed by atoms with Crippen molar-refractivity contribution < 1.29 is 22.7 Å². The molecule has 32 heavy (non-hydrogen) atoms. The number of rotatable bonds is 9. The van der Waals surface area contributed by atoms with Gasteiger partial charge in [0.05, 0.1) is 24.5 Å². The van der Waals surface area contributed by atoms with Gasteiger partial charge in [0.2, 0.25) is 15.9 Å². The second-order valence-corrected chi connectivity index (χ2v) is 9.89. The van der Waals surface area contributed by atoms with Crippen LogP contribution in [0.5, 0.6) is 11.5 Å². The summed E-state index contributed by atoms with van der Waals surface area (Å²) in [6.07, 6.45) is 2.05. The van der Waals surface area contributed by atoms with E-state index in [2.05, 4.69) is 5.32 Å². The van der Waals surface area contributed by atoms with Gasteiger partial charge in [-0.15, -0.1) is 0 Å². The Labute approximate surface area is 190 Å². The van der Waals surface area contributed by atoms with Crippen LogP contribution in [0.25, 0.3) is 0 Å². The molecule has 8 heteroatoms. The standard InChI is InChI=1S/C24H32N2O5S/c1-4-31-23-12-11-22(16-18(23)2)32(28,29)26-15-5-6-20(17-26)24(27)25-14-13-19-7-9-21(30-3)10-8-19/h7-12,16,20H,4-6,13-15,17H2,1-3H3,(H,25,27)/t20-/m1/s1. The Morgan fingerprint density at radius 3 is 2.59 bits per heavy atom. The van der Waals surface area contributed by atoms with Crippen LogP contribution in [0, 0.1) is 12.8 Å². The lowest BCUT2D eigenvalue weighted by molar-refractivity contribution is -0.126. The molecule has 1 N–H and O–H groups in total. The van der Waals surface area contributed by atoms with Gasteiger partial charge in [0.15, 0.2) is 0 Å². The molecule has 3 rings (SSSR count). The first-order valence-electron chi connectivity index (χ1n) is 11.0. The minimum Gasteiger partial charge on any atom is -0.497 e. The quantitative estimate of drug-likeness (QED) is 0.621. The van der Waals surface area contributed by atoms with Crippen molar-refractivity contribution in [3.63, 3.8) is 0 Å². The summed E-state index contributed by atoms with van der Waals surface area (Å²) in [7, 11) is -2.04. The van der Waals surface area contributed by atoms with Gasteiger partial charge in [0.25, 0.3) is 0 Å². The van der Waals surface area contributed by atoms with Crippen LogP contribution in [0.15, 0.2) is 47.4 Å². The topological polar surface area (TPSA) is 84.9 Å². The maximum Gasteiger partial charge on any atom is 0.243 e. The van der Waals surface area contributed by atoms with Crippen LogP contribution in [0.3, 0.4) is 0 Å². The molecule has 2 aromatic carbocycles. The predicted octanol–water partition coefficient (Wildman–Crippen LogP) is 3.16. The third-order valence-electron chi connectivity index (χ3n) is 5.71. The van der Waals surface area contributed by atoms with E-state index >= 15 is 0 Å². The molecule has 0 saturated carbocycles. The monoisotopic (exact) mass is 460 g/mol. The molecule has 0 aliphatic carbocycles. The highest BCUT2D eigenvalue weighted by molar-refractivity contribution is 7.89. The van der Waals surface area contributed by atoms with E-state index in [1.165, 1.54) is 4.31 Å². The van der Waals surface area contributed by atoms with Gasteiger partial charge in [-0.3, -0.25) is 4.79 Å². The molecule has 1 aliphatic heterocycles. The van der Waals surface area contributed by atoms with E-state index in [4.69, 9.17) is 9.47 Å². The largest absolute Gasteiger partial charge is 0.497 e. The van der Waals surface area contributed by atoms with Gasteiger partial charge in [0.1, 0.15) is 11.5 Å². The van der Waals surface area contributed by atoms with Gasteiger partial charge in [-0.2, -0.15) is 4.31 Å². The Kier molecular flexibility index (Phi) is 8.15. The van der Waals surface area contributed by atoms with E-state index in [-0.39, 0.29) is 23.3 Å². The SMILES string of the molecule is CCOc1ccc(S(=O)(=O)N2CCC[C@@H](C(=O)NCCc3ccc(OC)cc3)C2)cc1C. The molecule has 0 spiro atoms. The number of ether oxygens (including phenoxy) is 2. The van der Waals surface area contributed by atoms with Gasteiger partial charge >= 0.3 is 0 Å². The molecule has 0 unspecified atom stereocenters. The Morgan fingerprint density at radius 1 is 1.19 bits per heavy atom. The molecular formula is C24H32N2O5S. The molecule has 0 bridgehead atoms. The summed E-state index contributed by atoms with van der Waals surface area (Å²) in [6, 6.07) is 12.6. The van der Waals surface area contributed by atoms with Crippen molar-refractivity contribution in [3.8, 4) is 11.5 Å². The van der Waals surface area contributed by atoms with E-state index < -0.39 is 10.0 Å². The van der Waals surface area contributed by atoms with Crippen LogP contribution in [-0.4, -0.2) is 52.0 Å². The van der Waals surface area contributed by atoms with Gasteiger partial charge in [0, 0.05) is 19.6 Å². The second-order valence-electron chi connectivity index (χ2n) is 7.95. The van der Waals surface area contributed by atoms with Crippen LogP contribution in [0.1, 0.15) is 30.9 Å². The Balaban J connectivity index is 1.58. The van der Waals surface area contributed by atoms with Gasteiger partial charge in [-0.05, 0) is 74.6 Å². The zero-order valence-corrected chi connectivity index (χ0v) is 19.8. The summed E-state index contributed by atoms with van der Waals surface area (Å²) in [6.45, 7) is 5.37. The van der Waals surface area contributed by atoms with Crippen LogP contribution in [0.4, 0.5) is 0 Å². The molecule has 1 aliphatic rings. The average molecular weight is 461 g/mol. The Bertz CT molecular complexity index is 1020. The first-order valence-corrected chi connectivity index (χ1v) is 12.4. The van der Waals surface area contributed by atoms with Crippen LogP contribution >= 0.6 is 0 Å². The lowest BCUT2D eigenvalue weighted by atomic mass is 9.99. The summed E-state index contributed by atoms with van der Waals surface area (Å²) in [5.41, 5.74) is 1.88. The summed E-state index contributed by atoms with van der Waals surface area (Å²) >= 11 is 0. The zero-order valence-electron chi connectivity index (χ0n) is 19.0. The van der Waals surface area contributed by atoms with Gasteiger partial charge < -0.3 is 14.8 Å². The van der Waals surface area contributed by atoms with E-state index in [1.807, 2.05) is 38.1 Å². The highest BCUT2D eigenvalue weighted by atomic mass is 32.2. The maximum atomic E-state index is 13.2. The third-order valence-corrected chi connectivity index (χ3v) is 7.57. The van der Waals surface area contributed by atoms with E-state index in [1.54, 1.807) is 25.3 Å². The number of aryl methyl sites for hydroxylation is 1. The van der Waals surface area contributed by atoms with Crippen molar-refractivity contribution in [1.82, 2.24) is 9.62 Å². The third kappa shape index (κ3) is 5.81. The van der Waals surface area contributed by atoms with E-state index in [9.17, 15) is 13.2 Å². The predicted molar refractivity (Wildman–Crippen MR) is 124 cm³/mol. The molecule has 0 aromatic heterocycles. The van der Waals surface area contributed by atoms with Gasteiger partial charge in [-0.25, -0.2) is 8.42 Å². The molecule has 1 amide bonds. The number of benzene rings is 2. The molecule has 1 atom stereocenters. The van der Waals surface area contributed by atoms with E-state index in [0.29, 0.717) is 44.7 Å². The number of carbonyl (C=O) groups is 1. The number of carbonyl (C=O) groups excluding carboxylic acids is 1. The molecular weight excluding hydrogens is 428 g/mol. The Hall–Kier alpha value is -2.58. The Morgan fingerprint density at radius 2 is 1.94 bits per heavy atom. The first-order chi connectivity index (χ1) is 15.3. The fraction of sp³-hybridized carbons (Fsp3) is 0.458. The lowest BCUT2D eigenvalue weighted by Gasteiger charge is -2.31. The van der Waals surface area contributed by atoms with Crippen molar-refractivity contribution in [2.45, 2.75) is 38.0 Å². The van der Waals surface area contributed by atoms with Crippen molar-refractivity contribution in [3.05, 3.63) is 53.6 Å². The maximum absolute atomic E-state index is 13.2. The molecule has 2 aromatic rings. The molecule has 1 saturated heterocycles. The van der Waals surface area contributed by atoms with Crippen LogP contribution < -0.4 is 14.8 Å². The molecule has 174 valence electrons. The zero-order chi connectivity index (χ0) is 23.1. The van der Waals surface area contributed by atoms with Crippen molar-refractivity contribution in [1.29, 1.82) is 0 Å². The first kappa shape index (κ1) is 24.1. The van der Waals surface area contributed by atoms with Gasteiger partial charge in [-0.1, -0.05) is 12.1 Å². The summed E-state index contributed by atoms with van der Waals surface area (Å²) in [4.78, 5) is 12.9. The highest BCUT2D eigenvalue weighted by Gasteiger charge is 2.33. The fourth-order valence-electron chi connectivity index (χ4n) is 3.89. The number of hydrogen-bond acceptors (Lipinski definition) is 5. The molecule has 1 heterocycles. The van der Waals surface area contributed by atoms with Crippen molar-refractivity contribution in [2.24, 2.45) is 5.92 Å². The number of piperidine rings is 1. The second kappa shape index (κ2) is 10.8. The minimum absolute atomic E-state index is 0.0960. The normalized spacial score (nSPS) is 17.0. The summed E-state index contributed by atoms with van der Waals surface area (Å²) < 4.78 is 38.4. The number of amides is 1. The summed E-state index contributed by atoms with van der Waals surface area (Å²) in [5.74, 6) is 1.03. The smallest absolute Gasteiger partial charge is 0.243 e. The number of methoxy groups -OCH3 is 1.